The van der Waals surface area contributed by atoms with Crippen molar-refractivity contribution in [3.8, 4) is 0 Å². The lowest BCUT2D eigenvalue weighted by Gasteiger charge is -2.34. The molecular formula is C62H96. The Balaban J connectivity index is 1.98. The van der Waals surface area contributed by atoms with Crippen molar-refractivity contribution in [2.75, 3.05) is 0 Å². The Morgan fingerprint density at radius 1 is 0.226 bits per heavy atom. The highest BCUT2D eigenvalue weighted by atomic mass is 14.4. The molecule has 1 aliphatic carbocycles. The molecule has 0 spiro atoms. The van der Waals surface area contributed by atoms with Crippen molar-refractivity contribution >= 4 is 21.5 Å². The maximum atomic E-state index is 2.85. The van der Waals surface area contributed by atoms with Crippen molar-refractivity contribution in [2.24, 2.45) is 0 Å². The summed E-state index contributed by atoms with van der Waals surface area (Å²) in [6, 6.07) is 5.71. The minimum Gasteiger partial charge on any atom is -0.0654 e. The van der Waals surface area contributed by atoms with Crippen LogP contribution < -0.4 is 0 Å². The summed E-state index contributed by atoms with van der Waals surface area (Å²) in [5, 5.41) is 6.58. The van der Waals surface area contributed by atoms with E-state index in [9.17, 15) is 0 Å². The molecule has 5 rings (SSSR count). The van der Waals surface area contributed by atoms with E-state index in [2.05, 4.69) is 81.4 Å². The lowest BCUT2D eigenvalue weighted by molar-refractivity contribution is 0.702. The van der Waals surface area contributed by atoms with Gasteiger partial charge in [-0.1, -0.05) is 133 Å². The van der Waals surface area contributed by atoms with Crippen LogP contribution in [0.2, 0.25) is 0 Å². The zero-order valence-electron chi connectivity index (χ0n) is 42.8. The number of fused-ring (bicyclic) bond motifs is 4. The predicted octanol–water partition coefficient (Wildman–Crippen LogP) is 18.9. The fourth-order valence-electron chi connectivity index (χ4n) is 11.8. The van der Waals surface area contributed by atoms with Gasteiger partial charge in [-0.3, -0.25) is 0 Å². The topological polar surface area (TPSA) is 0 Å². The summed E-state index contributed by atoms with van der Waals surface area (Å²) in [4.78, 5) is 0. The second-order valence-electron chi connectivity index (χ2n) is 20.0. The first kappa shape index (κ1) is 50.4. The summed E-state index contributed by atoms with van der Waals surface area (Å²) < 4.78 is 0. The van der Waals surface area contributed by atoms with Crippen LogP contribution in [0, 0.1) is 0 Å². The molecule has 0 saturated carbocycles. The Morgan fingerprint density at radius 2 is 0.403 bits per heavy atom. The highest BCUT2D eigenvalue weighted by Crippen LogP contribution is 2.46. The minimum absolute atomic E-state index is 1.17. The molecule has 0 aliphatic heterocycles. The van der Waals surface area contributed by atoms with E-state index in [0.29, 0.717) is 0 Å². The largest absolute Gasteiger partial charge is 0.0654 e. The van der Waals surface area contributed by atoms with Crippen LogP contribution in [0.5, 0.6) is 0 Å². The standard InChI is InChI=1S/C62H96/c1-11-21-31-45-46(32-22-12-2)50(36-26-16-6)56-42-60-54(40-30-20-10)62-44-58-52(38-28-18-8)48(34-24-14-4)47(33-23-13-3)51(37-27-17-7)57(58)43-61(62)53(39-29-19-9)59(60)41-55(56)49(45)35-25-15-5/h41-42H,11-40,43-44H2,1-10H3. The van der Waals surface area contributed by atoms with Gasteiger partial charge in [0.1, 0.15) is 0 Å². The van der Waals surface area contributed by atoms with Crippen LogP contribution in [0.4, 0.5) is 0 Å². The van der Waals surface area contributed by atoms with Gasteiger partial charge < -0.3 is 0 Å². The molecule has 0 amide bonds. The quantitative estimate of drug-likeness (QED) is 0.0404. The first-order valence-electron chi connectivity index (χ1n) is 27.7. The lowest BCUT2D eigenvalue weighted by Crippen LogP contribution is -2.21. The van der Waals surface area contributed by atoms with E-state index in [0.717, 1.165) is 0 Å². The lowest BCUT2D eigenvalue weighted by atomic mass is 9.70. The summed E-state index contributed by atoms with van der Waals surface area (Å²) in [5.41, 5.74) is 24.9. The van der Waals surface area contributed by atoms with Crippen LogP contribution in [-0.4, -0.2) is 0 Å². The van der Waals surface area contributed by atoms with Crippen LogP contribution in [0.3, 0.4) is 0 Å². The van der Waals surface area contributed by atoms with Gasteiger partial charge in [-0.25, -0.2) is 0 Å². The van der Waals surface area contributed by atoms with Crippen molar-refractivity contribution < 1.29 is 0 Å². The van der Waals surface area contributed by atoms with E-state index in [1.165, 1.54) is 205 Å². The minimum atomic E-state index is 1.17. The monoisotopic (exact) mass is 841 g/mol. The Labute approximate surface area is 384 Å². The zero-order valence-corrected chi connectivity index (χ0v) is 42.8. The predicted molar refractivity (Wildman–Crippen MR) is 280 cm³/mol. The van der Waals surface area contributed by atoms with E-state index < -0.39 is 0 Å². The number of hydrogen-bond donors (Lipinski definition) is 0. The van der Waals surface area contributed by atoms with Crippen LogP contribution in [0.1, 0.15) is 276 Å². The molecule has 4 aromatic carbocycles. The molecule has 0 heteroatoms. The number of rotatable bonds is 30. The molecule has 0 unspecified atom stereocenters. The molecule has 0 saturated heterocycles. The zero-order chi connectivity index (χ0) is 44.4. The third-order valence-electron chi connectivity index (χ3n) is 15.3. The Bertz CT molecular complexity index is 1860. The summed E-state index contributed by atoms with van der Waals surface area (Å²) in [5.74, 6) is 0. The molecule has 0 aromatic heterocycles. The van der Waals surface area contributed by atoms with Crippen LogP contribution in [0.25, 0.3) is 21.5 Å². The van der Waals surface area contributed by atoms with Gasteiger partial charge in [0.25, 0.3) is 0 Å². The second-order valence-corrected chi connectivity index (χ2v) is 20.0. The number of aryl methyl sites for hydroxylation is 4. The summed E-state index contributed by atoms with van der Waals surface area (Å²) >= 11 is 0. The van der Waals surface area contributed by atoms with Crippen LogP contribution in [0.15, 0.2) is 12.1 Å². The van der Waals surface area contributed by atoms with E-state index in [-0.39, 0.29) is 0 Å². The first-order valence-corrected chi connectivity index (χ1v) is 27.7. The number of unbranched alkanes of at least 4 members (excludes halogenated alkanes) is 10. The normalized spacial score (nSPS) is 12.5. The van der Waals surface area contributed by atoms with Gasteiger partial charge in [0.15, 0.2) is 0 Å². The Hall–Kier alpha value is -2.60. The average molecular weight is 841 g/mol. The smallest absolute Gasteiger partial charge is 0.00141 e. The van der Waals surface area contributed by atoms with Gasteiger partial charge in [0.2, 0.25) is 0 Å². The molecule has 1 aliphatic rings. The van der Waals surface area contributed by atoms with Gasteiger partial charge in [-0.2, -0.15) is 0 Å². The molecule has 0 heterocycles. The molecule has 0 fully saturated rings. The fourth-order valence-corrected chi connectivity index (χ4v) is 11.8. The third kappa shape index (κ3) is 11.6. The van der Waals surface area contributed by atoms with Crippen molar-refractivity contribution in [3.63, 3.8) is 0 Å². The van der Waals surface area contributed by atoms with Gasteiger partial charge in [0.05, 0.1) is 0 Å². The summed E-state index contributed by atoms with van der Waals surface area (Å²) in [6.07, 6.45) is 40.6. The van der Waals surface area contributed by atoms with Crippen molar-refractivity contribution in [3.05, 3.63) is 90.0 Å². The molecule has 62 heavy (non-hydrogen) atoms. The second kappa shape index (κ2) is 26.4. The number of hydrogen-bond acceptors (Lipinski definition) is 0. The molecule has 0 N–H and O–H groups in total. The maximum Gasteiger partial charge on any atom is -0.00141 e. The van der Waals surface area contributed by atoms with Gasteiger partial charge in [0, 0.05) is 0 Å². The van der Waals surface area contributed by atoms with Crippen molar-refractivity contribution in [1.29, 1.82) is 0 Å². The molecular weight excluding hydrogens is 745 g/mol. The van der Waals surface area contributed by atoms with Gasteiger partial charge in [-0.15, -0.1) is 0 Å². The highest BCUT2D eigenvalue weighted by molar-refractivity contribution is 6.05. The van der Waals surface area contributed by atoms with Crippen LogP contribution >= 0.6 is 0 Å². The van der Waals surface area contributed by atoms with Gasteiger partial charge in [-0.05, 0) is 253 Å². The first-order chi connectivity index (χ1) is 30.4. The van der Waals surface area contributed by atoms with E-state index >= 15 is 0 Å². The number of benzene rings is 4. The van der Waals surface area contributed by atoms with E-state index in [1.54, 1.807) is 77.2 Å². The molecule has 0 radical (unpaired) electrons. The highest BCUT2D eigenvalue weighted by Gasteiger charge is 2.31. The molecule has 0 bridgehead atoms. The van der Waals surface area contributed by atoms with E-state index in [4.69, 9.17) is 0 Å². The summed E-state index contributed by atoms with van der Waals surface area (Å²) in [7, 11) is 0. The van der Waals surface area contributed by atoms with Crippen molar-refractivity contribution in [2.45, 2.75) is 275 Å². The average Bonchev–Trinajstić information content (AvgIpc) is 3.29. The van der Waals surface area contributed by atoms with Crippen LogP contribution in [-0.2, 0) is 77.0 Å². The van der Waals surface area contributed by atoms with Gasteiger partial charge >= 0.3 is 0 Å². The molecule has 4 aromatic rings. The van der Waals surface area contributed by atoms with Crippen molar-refractivity contribution in [1.82, 2.24) is 0 Å². The molecule has 0 nitrogen and oxygen atoms in total. The Kier molecular flexibility index (Phi) is 21.4. The third-order valence-corrected chi connectivity index (χ3v) is 15.3. The SMILES string of the molecule is CCCCc1c(CCCC)c(CCCC)c2c(c1CCCC)Cc1c(c(CCCC)c3cc4c(CCCC)c(CCCC)c(CCCC)c(CCCC)c4cc3c1CCCC)C2. The summed E-state index contributed by atoms with van der Waals surface area (Å²) in [6.45, 7) is 24.1. The Morgan fingerprint density at radius 3 is 0.661 bits per heavy atom. The van der Waals surface area contributed by atoms with E-state index in [1.807, 2.05) is 22.3 Å². The maximum absolute atomic E-state index is 2.85. The fraction of sp³-hybridized carbons (Fsp3) is 0.677. The molecule has 344 valence electrons. The molecule has 0 atom stereocenters.